The summed E-state index contributed by atoms with van der Waals surface area (Å²) in [6.07, 6.45) is 10.9. The predicted octanol–water partition coefficient (Wildman–Crippen LogP) is 10.5. The van der Waals surface area contributed by atoms with Gasteiger partial charge in [-0.15, -0.1) is 0 Å². The summed E-state index contributed by atoms with van der Waals surface area (Å²) in [5, 5.41) is 4.49. The van der Waals surface area contributed by atoms with E-state index in [4.69, 9.17) is 10.5 Å². The highest BCUT2D eigenvalue weighted by Crippen LogP contribution is 2.52. The number of esters is 1. The maximum absolute atomic E-state index is 13.9. The van der Waals surface area contributed by atoms with Crippen molar-refractivity contribution in [2.75, 3.05) is 41.8 Å². The van der Waals surface area contributed by atoms with Gasteiger partial charge in [0, 0.05) is 58.9 Å². The number of benzene rings is 5. The first kappa shape index (κ1) is 48.6. The fourth-order valence-electron chi connectivity index (χ4n) is 10.8. The van der Waals surface area contributed by atoms with E-state index in [0.717, 1.165) is 72.2 Å². The summed E-state index contributed by atoms with van der Waals surface area (Å²) < 4.78 is 75.8. The molecule has 2 aliphatic heterocycles. The van der Waals surface area contributed by atoms with Gasteiger partial charge in [-0.05, 0) is 133 Å². The van der Waals surface area contributed by atoms with Gasteiger partial charge in [-0.1, -0.05) is 92.7 Å². The molecule has 0 bridgehead atoms. The molecule has 0 amide bonds. The van der Waals surface area contributed by atoms with Crippen molar-refractivity contribution in [2.24, 2.45) is 5.92 Å². The molecule has 1 unspecified atom stereocenters. The van der Waals surface area contributed by atoms with Crippen LogP contribution in [-0.4, -0.2) is 73.4 Å². The molecular formula is C55H61N3O8S2. The number of fused-ring (bicyclic) bond motifs is 6. The van der Waals surface area contributed by atoms with Crippen molar-refractivity contribution in [3.05, 3.63) is 155 Å². The van der Waals surface area contributed by atoms with Gasteiger partial charge in [0.1, 0.15) is 6.54 Å². The number of nitrogens with two attached hydrogens (primary N) is 1. The maximum Gasteiger partial charge on any atom is 0.309 e. The number of carbonyl (C=O) groups excluding carboxylic acids is 1. The molecule has 68 heavy (non-hydrogen) atoms. The molecule has 3 aliphatic rings. The SMILES string of the molecule is CCOC(=O)C1CC(/C=C/C2=[N+](CCCCS(=O)(=O)[O-])c3ccc4ccccc4c3C2(C)C)=C(c2ccc(N)cc2)C(=C/C=C2/N(CCCCS(=O)(=O)O)c3ccc4ccccc4c3C2(C)C)/C1. The Bertz CT molecular complexity index is 3180. The minimum atomic E-state index is -4.36. The van der Waals surface area contributed by atoms with Crippen LogP contribution in [-0.2, 0) is 40.6 Å². The summed E-state index contributed by atoms with van der Waals surface area (Å²) in [7, 11) is -8.48. The summed E-state index contributed by atoms with van der Waals surface area (Å²) in [4.78, 5) is 16.2. The summed E-state index contributed by atoms with van der Waals surface area (Å²) in [5.41, 5.74) is 16.1. The van der Waals surface area contributed by atoms with Gasteiger partial charge in [-0.3, -0.25) is 9.35 Å². The summed E-state index contributed by atoms with van der Waals surface area (Å²) in [6, 6.07) is 32.9. The van der Waals surface area contributed by atoms with Gasteiger partial charge in [-0.25, -0.2) is 8.42 Å². The molecule has 0 aromatic heterocycles. The molecule has 1 atom stereocenters. The number of rotatable bonds is 16. The Morgan fingerprint density at radius 1 is 0.794 bits per heavy atom. The molecule has 5 aromatic rings. The van der Waals surface area contributed by atoms with Crippen molar-refractivity contribution in [2.45, 2.75) is 84.0 Å². The lowest BCUT2D eigenvalue weighted by molar-refractivity contribution is -0.438. The summed E-state index contributed by atoms with van der Waals surface area (Å²) >= 11 is 0. The van der Waals surface area contributed by atoms with Crippen molar-refractivity contribution < 1.29 is 40.0 Å². The minimum Gasteiger partial charge on any atom is -0.748 e. The van der Waals surface area contributed by atoms with E-state index in [2.05, 4.69) is 110 Å². The average Bonchev–Trinajstić information content (AvgIpc) is 3.65. The van der Waals surface area contributed by atoms with Crippen LogP contribution in [0, 0.1) is 5.92 Å². The molecule has 3 N–H and O–H groups in total. The molecule has 2 heterocycles. The normalized spacial score (nSPS) is 19.2. The van der Waals surface area contributed by atoms with Crippen LogP contribution in [0.25, 0.3) is 27.1 Å². The first-order valence-electron chi connectivity index (χ1n) is 23.5. The van der Waals surface area contributed by atoms with E-state index < -0.39 is 42.7 Å². The highest BCUT2D eigenvalue weighted by Gasteiger charge is 2.46. The van der Waals surface area contributed by atoms with Gasteiger partial charge in [0.25, 0.3) is 10.1 Å². The van der Waals surface area contributed by atoms with E-state index in [0.29, 0.717) is 50.9 Å². The third-order valence-corrected chi connectivity index (χ3v) is 15.4. The molecule has 0 fully saturated rings. The van der Waals surface area contributed by atoms with E-state index >= 15 is 0 Å². The Labute approximate surface area is 400 Å². The third-order valence-electron chi connectivity index (χ3n) is 13.8. The van der Waals surface area contributed by atoms with Crippen LogP contribution >= 0.6 is 0 Å². The van der Waals surface area contributed by atoms with E-state index in [9.17, 15) is 30.7 Å². The molecule has 0 radical (unpaired) electrons. The lowest BCUT2D eigenvalue weighted by Gasteiger charge is -2.29. The number of ether oxygens (including phenoxy) is 1. The zero-order valence-electron chi connectivity index (χ0n) is 39.5. The lowest BCUT2D eigenvalue weighted by atomic mass is 9.76. The Hall–Kier alpha value is -5.86. The smallest absolute Gasteiger partial charge is 0.309 e. The first-order chi connectivity index (χ1) is 32.3. The Morgan fingerprint density at radius 2 is 1.44 bits per heavy atom. The van der Waals surface area contributed by atoms with E-state index in [-0.39, 0.29) is 24.7 Å². The van der Waals surface area contributed by atoms with Crippen LogP contribution in [0.4, 0.5) is 17.1 Å². The molecule has 5 aromatic carbocycles. The van der Waals surface area contributed by atoms with Gasteiger partial charge in [0.15, 0.2) is 5.71 Å². The second kappa shape index (κ2) is 19.3. The first-order valence-corrected chi connectivity index (χ1v) is 26.7. The van der Waals surface area contributed by atoms with E-state index in [1.54, 1.807) is 0 Å². The van der Waals surface area contributed by atoms with Crippen molar-refractivity contribution in [3.63, 3.8) is 0 Å². The molecule has 356 valence electrons. The number of hydrogen-bond acceptors (Lipinski definition) is 9. The number of nitrogen functional groups attached to an aromatic ring is 1. The quantitative estimate of drug-likeness (QED) is 0.0319. The molecule has 13 heteroatoms. The van der Waals surface area contributed by atoms with Crippen molar-refractivity contribution in [1.29, 1.82) is 0 Å². The number of carbonyl (C=O) groups is 1. The van der Waals surface area contributed by atoms with Crippen LogP contribution < -0.4 is 10.6 Å². The minimum absolute atomic E-state index is 0.236. The van der Waals surface area contributed by atoms with Crippen LogP contribution in [0.2, 0.25) is 0 Å². The second-order valence-corrected chi connectivity index (χ2v) is 22.3. The standard InChI is InChI=1S/C55H61N3O8S2/c1-6-66-53(59)42-35-40(23-29-48-54(2,3)51-44-17-9-7-15-37(44)21-27-46(51)57(48)31-11-13-33-67(60,61)62)50(39-19-25-43(56)26-20-39)41(36-42)24-30-49-55(4,5)52-45-18-10-8-16-38(45)22-28-47(52)58(49)32-12-14-34-68(63,64)65/h7-10,15-30,42,56H,6,11-14,31-36H2,1-5H3,(H2,60,61,62,63,64,65)/b40-23+,48-29+. The maximum atomic E-state index is 13.9. The molecule has 11 nitrogen and oxygen atoms in total. The Morgan fingerprint density at radius 3 is 2.10 bits per heavy atom. The second-order valence-electron chi connectivity index (χ2n) is 19.2. The molecular weight excluding hydrogens is 895 g/mol. The van der Waals surface area contributed by atoms with Crippen LogP contribution in [0.3, 0.4) is 0 Å². The summed E-state index contributed by atoms with van der Waals surface area (Å²) in [5.74, 6) is -1.51. The van der Waals surface area contributed by atoms with Gasteiger partial charge in [-0.2, -0.15) is 13.0 Å². The number of anilines is 2. The van der Waals surface area contributed by atoms with Crippen LogP contribution in [0.1, 0.15) is 89.8 Å². The topological polar surface area (TPSA) is 170 Å². The Balaban J connectivity index is 1.29. The zero-order valence-corrected chi connectivity index (χ0v) is 41.1. The molecule has 8 rings (SSSR count). The highest BCUT2D eigenvalue weighted by molar-refractivity contribution is 7.85. The van der Waals surface area contributed by atoms with Crippen molar-refractivity contribution in [1.82, 2.24) is 0 Å². The zero-order chi connectivity index (χ0) is 48.6. The average molecular weight is 956 g/mol. The van der Waals surface area contributed by atoms with Gasteiger partial charge >= 0.3 is 5.97 Å². The summed E-state index contributed by atoms with van der Waals surface area (Å²) in [6.45, 7) is 11.9. The number of hydrogen-bond donors (Lipinski definition) is 2. The predicted molar refractivity (Wildman–Crippen MR) is 273 cm³/mol. The fourth-order valence-corrected chi connectivity index (χ4v) is 11.9. The number of allylic oxidation sites excluding steroid dienone is 8. The highest BCUT2D eigenvalue weighted by atomic mass is 32.2. The van der Waals surface area contributed by atoms with Crippen molar-refractivity contribution >= 4 is 76.1 Å². The van der Waals surface area contributed by atoms with Crippen LogP contribution in [0.5, 0.6) is 0 Å². The third kappa shape index (κ3) is 9.99. The largest absolute Gasteiger partial charge is 0.748 e. The van der Waals surface area contributed by atoms with Gasteiger partial charge in [0.2, 0.25) is 5.69 Å². The molecule has 0 spiro atoms. The fraction of sp³-hybridized carbons (Fsp3) is 0.345. The van der Waals surface area contributed by atoms with Crippen molar-refractivity contribution in [3.8, 4) is 0 Å². The monoisotopic (exact) mass is 955 g/mol. The molecule has 0 saturated heterocycles. The van der Waals surface area contributed by atoms with E-state index in [1.807, 2.05) is 55.5 Å². The van der Waals surface area contributed by atoms with Crippen LogP contribution in [0.15, 0.2) is 138 Å². The molecule has 1 aliphatic carbocycles. The molecule has 0 saturated carbocycles. The lowest BCUT2D eigenvalue weighted by Crippen LogP contribution is -2.28. The van der Waals surface area contributed by atoms with Gasteiger partial charge < -0.3 is 19.9 Å². The number of unbranched alkanes of at least 4 members (excludes halogenated alkanes) is 2. The van der Waals surface area contributed by atoms with Gasteiger partial charge in [0.05, 0.1) is 33.8 Å². The Kier molecular flexibility index (Phi) is 13.8. The number of nitrogens with zero attached hydrogens (tertiary/aromatic N) is 2. The van der Waals surface area contributed by atoms with E-state index in [1.165, 1.54) is 5.56 Å².